The number of ether oxygens (including phenoxy) is 1. The average Bonchev–Trinajstić information content (AvgIpc) is 2.73. The Morgan fingerprint density at radius 3 is 2.78 bits per heavy atom. The molecule has 3 nitrogen and oxygen atoms in total. The molecule has 0 bridgehead atoms. The average molecular weight is 263 g/mol. The van der Waals surface area contributed by atoms with E-state index in [1.54, 1.807) is 18.3 Å². The highest BCUT2D eigenvalue weighted by Gasteiger charge is 2.10. The lowest BCUT2D eigenvalue weighted by atomic mass is 10.1. The van der Waals surface area contributed by atoms with Gasteiger partial charge in [-0.1, -0.05) is 11.6 Å². The van der Waals surface area contributed by atoms with Crippen LogP contribution in [-0.2, 0) is 6.61 Å². The minimum atomic E-state index is -0.530. The number of aliphatic hydroxyl groups excluding tert-OH is 1. The van der Waals surface area contributed by atoms with Gasteiger partial charge < -0.3 is 9.84 Å². The smallest absolute Gasteiger partial charge is 0.140 e. The molecule has 0 aliphatic rings. The SMILES string of the molecule is Cc1ccc(OCc2nc(C)cs2)c([C@@H](C)O)c1. The third kappa shape index (κ3) is 3.09. The van der Waals surface area contributed by atoms with Gasteiger partial charge in [-0.15, -0.1) is 11.3 Å². The number of hydrogen-bond donors (Lipinski definition) is 1. The normalized spacial score (nSPS) is 12.4. The van der Waals surface area contributed by atoms with Gasteiger partial charge >= 0.3 is 0 Å². The lowest BCUT2D eigenvalue weighted by Crippen LogP contribution is -2.01. The largest absolute Gasteiger partial charge is 0.486 e. The van der Waals surface area contributed by atoms with Crippen molar-refractivity contribution in [2.75, 3.05) is 0 Å². The van der Waals surface area contributed by atoms with Crippen molar-refractivity contribution < 1.29 is 9.84 Å². The molecule has 1 heterocycles. The molecule has 0 radical (unpaired) electrons. The van der Waals surface area contributed by atoms with E-state index in [-0.39, 0.29) is 0 Å². The van der Waals surface area contributed by atoms with E-state index in [4.69, 9.17) is 4.74 Å². The van der Waals surface area contributed by atoms with Gasteiger partial charge in [0.1, 0.15) is 17.4 Å². The summed E-state index contributed by atoms with van der Waals surface area (Å²) in [5.74, 6) is 0.725. The fourth-order valence-electron chi connectivity index (χ4n) is 1.73. The van der Waals surface area contributed by atoms with Crippen molar-refractivity contribution in [1.82, 2.24) is 4.98 Å². The van der Waals surface area contributed by atoms with Crippen LogP contribution in [0, 0.1) is 13.8 Å². The number of aromatic nitrogens is 1. The third-order valence-electron chi connectivity index (χ3n) is 2.63. The molecule has 18 heavy (non-hydrogen) atoms. The lowest BCUT2D eigenvalue weighted by Gasteiger charge is -2.13. The number of rotatable bonds is 4. The lowest BCUT2D eigenvalue weighted by molar-refractivity contribution is 0.190. The van der Waals surface area contributed by atoms with Gasteiger partial charge in [0, 0.05) is 16.6 Å². The fraction of sp³-hybridized carbons (Fsp3) is 0.357. The van der Waals surface area contributed by atoms with Crippen molar-refractivity contribution in [2.45, 2.75) is 33.5 Å². The molecule has 1 aromatic carbocycles. The standard InChI is InChI=1S/C14H17NO2S/c1-9-4-5-13(12(6-9)11(3)16)17-7-14-15-10(2)8-18-14/h4-6,8,11,16H,7H2,1-3H3/t11-/m1/s1. The Kier molecular flexibility index (Phi) is 3.99. The van der Waals surface area contributed by atoms with E-state index in [1.807, 2.05) is 37.4 Å². The Bertz CT molecular complexity index is 534. The van der Waals surface area contributed by atoms with Crippen LogP contribution in [0.4, 0.5) is 0 Å². The van der Waals surface area contributed by atoms with Crippen molar-refractivity contribution in [3.05, 3.63) is 45.4 Å². The molecule has 0 fully saturated rings. The summed E-state index contributed by atoms with van der Waals surface area (Å²) in [5.41, 5.74) is 2.95. The highest BCUT2D eigenvalue weighted by atomic mass is 32.1. The maximum absolute atomic E-state index is 9.74. The van der Waals surface area contributed by atoms with Crippen LogP contribution in [0.3, 0.4) is 0 Å². The molecule has 0 saturated carbocycles. The number of nitrogens with zero attached hydrogens (tertiary/aromatic N) is 1. The Hall–Kier alpha value is -1.39. The van der Waals surface area contributed by atoms with Crippen LogP contribution in [0.1, 0.15) is 34.9 Å². The van der Waals surface area contributed by atoms with Gasteiger partial charge in [0.2, 0.25) is 0 Å². The molecule has 1 N–H and O–H groups in total. The molecular weight excluding hydrogens is 246 g/mol. The Morgan fingerprint density at radius 2 is 2.17 bits per heavy atom. The van der Waals surface area contributed by atoms with Crippen molar-refractivity contribution >= 4 is 11.3 Å². The van der Waals surface area contributed by atoms with Crippen LogP contribution in [-0.4, -0.2) is 10.1 Å². The van der Waals surface area contributed by atoms with Gasteiger partial charge in [0.25, 0.3) is 0 Å². The molecule has 1 atom stereocenters. The first-order chi connectivity index (χ1) is 8.56. The summed E-state index contributed by atoms with van der Waals surface area (Å²) in [5, 5.41) is 12.7. The first-order valence-electron chi connectivity index (χ1n) is 5.88. The summed E-state index contributed by atoms with van der Waals surface area (Å²) in [6.07, 6.45) is -0.530. The Balaban J connectivity index is 2.13. The van der Waals surface area contributed by atoms with Gasteiger partial charge in [-0.2, -0.15) is 0 Å². The summed E-state index contributed by atoms with van der Waals surface area (Å²) in [4.78, 5) is 4.35. The number of hydrogen-bond acceptors (Lipinski definition) is 4. The summed E-state index contributed by atoms with van der Waals surface area (Å²) < 4.78 is 5.74. The highest BCUT2D eigenvalue weighted by molar-refractivity contribution is 7.09. The highest BCUT2D eigenvalue weighted by Crippen LogP contribution is 2.27. The first kappa shape index (κ1) is 13.1. The van der Waals surface area contributed by atoms with E-state index in [0.717, 1.165) is 27.6 Å². The fourth-order valence-corrected chi connectivity index (χ4v) is 2.42. The molecule has 0 saturated heterocycles. The van der Waals surface area contributed by atoms with E-state index >= 15 is 0 Å². The molecule has 96 valence electrons. The zero-order chi connectivity index (χ0) is 13.1. The van der Waals surface area contributed by atoms with Crippen LogP contribution >= 0.6 is 11.3 Å². The second-order valence-corrected chi connectivity index (χ2v) is 5.33. The second-order valence-electron chi connectivity index (χ2n) is 4.39. The number of aryl methyl sites for hydroxylation is 2. The van der Waals surface area contributed by atoms with Crippen molar-refractivity contribution in [1.29, 1.82) is 0 Å². The van der Waals surface area contributed by atoms with Gasteiger partial charge in [-0.05, 0) is 32.9 Å². The molecule has 4 heteroatoms. The number of thiazole rings is 1. The molecule has 2 aromatic rings. The topological polar surface area (TPSA) is 42.4 Å². The predicted molar refractivity (Wildman–Crippen MR) is 73.0 cm³/mol. The predicted octanol–water partition coefficient (Wildman–Crippen LogP) is 3.39. The summed E-state index contributed by atoms with van der Waals surface area (Å²) in [6.45, 7) is 6.16. The van der Waals surface area contributed by atoms with Gasteiger partial charge in [0.05, 0.1) is 6.10 Å². The maximum atomic E-state index is 9.74. The van der Waals surface area contributed by atoms with E-state index in [0.29, 0.717) is 6.61 Å². The van der Waals surface area contributed by atoms with E-state index < -0.39 is 6.10 Å². The van der Waals surface area contributed by atoms with E-state index in [9.17, 15) is 5.11 Å². The quantitative estimate of drug-likeness (QED) is 0.919. The molecule has 0 aliphatic carbocycles. The first-order valence-corrected chi connectivity index (χ1v) is 6.76. The number of benzene rings is 1. The molecule has 0 amide bonds. The molecule has 0 spiro atoms. The molecular formula is C14H17NO2S. The van der Waals surface area contributed by atoms with Crippen LogP contribution < -0.4 is 4.74 Å². The monoisotopic (exact) mass is 263 g/mol. The van der Waals surface area contributed by atoms with Crippen molar-refractivity contribution in [2.24, 2.45) is 0 Å². The number of aliphatic hydroxyl groups is 1. The van der Waals surface area contributed by atoms with Crippen molar-refractivity contribution in [3.8, 4) is 5.75 Å². The molecule has 2 rings (SSSR count). The zero-order valence-corrected chi connectivity index (χ0v) is 11.6. The van der Waals surface area contributed by atoms with Gasteiger partial charge in [-0.3, -0.25) is 0 Å². The zero-order valence-electron chi connectivity index (χ0n) is 10.8. The molecule has 1 aromatic heterocycles. The summed E-state index contributed by atoms with van der Waals surface area (Å²) in [6, 6.07) is 5.83. The minimum Gasteiger partial charge on any atom is -0.486 e. The van der Waals surface area contributed by atoms with E-state index in [2.05, 4.69) is 4.98 Å². The summed E-state index contributed by atoms with van der Waals surface area (Å²) >= 11 is 1.59. The van der Waals surface area contributed by atoms with Crippen molar-refractivity contribution in [3.63, 3.8) is 0 Å². The van der Waals surface area contributed by atoms with E-state index in [1.165, 1.54) is 0 Å². The van der Waals surface area contributed by atoms with Crippen LogP contribution in [0.25, 0.3) is 0 Å². The van der Waals surface area contributed by atoms with Crippen LogP contribution in [0.15, 0.2) is 23.6 Å². The van der Waals surface area contributed by atoms with Gasteiger partial charge in [-0.25, -0.2) is 4.98 Å². The third-order valence-corrected chi connectivity index (χ3v) is 3.57. The molecule has 0 unspecified atom stereocenters. The second kappa shape index (κ2) is 5.50. The van der Waals surface area contributed by atoms with Crippen LogP contribution in [0.5, 0.6) is 5.75 Å². The Morgan fingerprint density at radius 1 is 1.39 bits per heavy atom. The maximum Gasteiger partial charge on any atom is 0.140 e. The molecule has 0 aliphatic heterocycles. The minimum absolute atomic E-state index is 0.446. The Labute approximate surface area is 111 Å². The van der Waals surface area contributed by atoms with Gasteiger partial charge in [0.15, 0.2) is 0 Å². The summed E-state index contributed by atoms with van der Waals surface area (Å²) in [7, 11) is 0. The van der Waals surface area contributed by atoms with Crippen LogP contribution in [0.2, 0.25) is 0 Å².